The number of thioether (sulfide) groups is 1. The van der Waals surface area contributed by atoms with Crippen molar-refractivity contribution in [3.05, 3.63) is 23.0 Å². The van der Waals surface area contributed by atoms with Gasteiger partial charge in [-0.3, -0.25) is 9.59 Å². The topological polar surface area (TPSA) is 87.6 Å². The Balaban J connectivity index is 2.21. The van der Waals surface area contributed by atoms with Crippen LogP contribution in [0.25, 0.3) is 0 Å². The molecule has 1 aromatic rings. The van der Waals surface area contributed by atoms with E-state index in [2.05, 4.69) is 4.98 Å². The molecule has 1 N–H and O–H groups in total. The molecule has 1 saturated heterocycles. The van der Waals surface area contributed by atoms with Crippen molar-refractivity contribution in [3.8, 4) is 0 Å². The van der Waals surface area contributed by atoms with Gasteiger partial charge in [-0.05, 0) is 12.0 Å². The molecule has 1 aromatic heterocycles. The zero-order valence-corrected chi connectivity index (χ0v) is 12.8. The van der Waals surface area contributed by atoms with Crippen molar-refractivity contribution >= 4 is 46.0 Å². The highest BCUT2D eigenvalue weighted by Crippen LogP contribution is 2.30. The van der Waals surface area contributed by atoms with Crippen molar-refractivity contribution in [2.24, 2.45) is 5.92 Å². The van der Waals surface area contributed by atoms with E-state index in [0.717, 1.165) is 0 Å². The summed E-state index contributed by atoms with van der Waals surface area (Å²) in [5.74, 6) is -0.774. The highest BCUT2D eigenvalue weighted by Gasteiger charge is 2.33. The smallest absolute Gasteiger partial charge is 0.337 e. The zero-order chi connectivity index (χ0) is 15.6. The van der Waals surface area contributed by atoms with Crippen LogP contribution in [0, 0.1) is 5.92 Å². The van der Waals surface area contributed by atoms with Crippen LogP contribution in [-0.2, 0) is 9.59 Å². The number of rotatable bonds is 4. The Morgan fingerprint density at radius 2 is 2.29 bits per heavy atom. The molecule has 2 rings (SSSR count). The van der Waals surface area contributed by atoms with E-state index in [4.69, 9.17) is 11.6 Å². The number of hydrogen-bond donors (Lipinski definition) is 1. The van der Waals surface area contributed by atoms with Crippen LogP contribution in [0.1, 0.15) is 23.7 Å². The van der Waals surface area contributed by atoms with Crippen molar-refractivity contribution in [1.29, 1.82) is 0 Å². The van der Waals surface area contributed by atoms with Crippen LogP contribution in [0.3, 0.4) is 0 Å². The summed E-state index contributed by atoms with van der Waals surface area (Å²) in [5, 5.41) is 9.27. The van der Waals surface area contributed by atoms with Crippen LogP contribution < -0.4 is 4.90 Å². The summed E-state index contributed by atoms with van der Waals surface area (Å²) in [5.41, 5.74) is 0.190. The number of halogens is 1. The molecule has 8 heteroatoms. The lowest BCUT2D eigenvalue weighted by molar-refractivity contribution is -0.117. The van der Waals surface area contributed by atoms with E-state index in [1.807, 2.05) is 0 Å². The molecule has 21 heavy (non-hydrogen) atoms. The maximum Gasteiger partial charge on any atom is 0.337 e. The Morgan fingerprint density at radius 1 is 1.57 bits per heavy atom. The average Bonchev–Trinajstić information content (AvgIpc) is 2.77. The number of amides is 1. The number of aromatic nitrogens is 1. The largest absolute Gasteiger partial charge is 0.478 e. The van der Waals surface area contributed by atoms with Crippen molar-refractivity contribution in [2.75, 3.05) is 17.2 Å². The van der Waals surface area contributed by atoms with Crippen molar-refractivity contribution in [3.63, 3.8) is 0 Å². The van der Waals surface area contributed by atoms with Gasteiger partial charge in [0.25, 0.3) is 0 Å². The second-order valence-corrected chi connectivity index (χ2v) is 6.29. The van der Waals surface area contributed by atoms with Gasteiger partial charge in [0.2, 0.25) is 5.91 Å². The molecule has 112 valence electrons. The summed E-state index contributed by atoms with van der Waals surface area (Å²) in [6.45, 7) is 1.85. The fraction of sp³-hybridized carbons (Fsp3) is 0.385. The number of aromatic carboxylic acids is 1. The summed E-state index contributed by atoms with van der Waals surface area (Å²) in [6, 6.07) is 1.23. The highest BCUT2D eigenvalue weighted by molar-refractivity contribution is 8.13. The average molecular weight is 329 g/mol. The first-order valence-electron chi connectivity index (χ1n) is 6.21. The van der Waals surface area contributed by atoms with Crippen molar-refractivity contribution in [1.82, 2.24) is 4.98 Å². The van der Waals surface area contributed by atoms with Gasteiger partial charge in [-0.25, -0.2) is 9.78 Å². The van der Waals surface area contributed by atoms with E-state index in [9.17, 15) is 19.5 Å². The van der Waals surface area contributed by atoms with E-state index < -0.39 is 5.97 Å². The van der Waals surface area contributed by atoms with Gasteiger partial charge in [0.1, 0.15) is 5.15 Å². The Hall–Kier alpha value is -1.60. The maximum absolute atomic E-state index is 12.1. The number of pyridine rings is 1. The van der Waals surface area contributed by atoms with Crippen LogP contribution in [0.2, 0.25) is 5.15 Å². The molecule has 2 heterocycles. The van der Waals surface area contributed by atoms with E-state index >= 15 is 0 Å². The molecule has 1 unspecified atom stereocenters. The molecule has 0 saturated carbocycles. The molecule has 1 aliphatic heterocycles. The third-order valence-electron chi connectivity index (χ3n) is 3.10. The summed E-state index contributed by atoms with van der Waals surface area (Å²) in [7, 11) is 0. The number of carbonyl (C=O) groups is 3. The third kappa shape index (κ3) is 3.74. The summed E-state index contributed by atoms with van der Waals surface area (Å²) < 4.78 is 0. The number of anilines is 1. The lowest BCUT2D eigenvalue weighted by Gasteiger charge is -2.18. The molecule has 1 atom stereocenters. The van der Waals surface area contributed by atoms with Gasteiger partial charge < -0.3 is 10.0 Å². The first-order chi connectivity index (χ1) is 9.88. The van der Waals surface area contributed by atoms with Gasteiger partial charge in [0.15, 0.2) is 5.12 Å². The van der Waals surface area contributed by atoms with Gasteiger partial charge in [-0.2, -0.15) is 0 Å². The normalized spacial score (nSPS) is 18.1. The lowest BCUT2D eigenvalue weighted by atomic mass is 10.1. The van der Waals surface area contributed by atoms with E-state index in [1.54, 1.807) is 0 Å². The van der Waals surface area contributed by atoms with Crippen LogP contribution in [-0.4, -0.2) is 39.4 Å². The molecule has 0 spiro atoms. The van der Waals surface area contributed by atoms with Gasteiger partial charge in [0, 0.05) is 25.6 Å². The van der Waals surface area contributed by atoms with Crippen molar-refractivity contribution < 1.29 is 19.5 Å². The molecule has 0 aliphatic carbocycles. The zero-order valence-electron chi connectivity index (χ0n) is 11.2. The van der Waals surface area contributed by atoms with E-state index in [-0.39, 0.29) is 33.3 Å². The lowest BCUT2D eigenvalue weighted by Crippen LogP contribution is -2.27. The molecule has 1 amide bonds. The molecule has 1 aliphatic rings. The molecule has 0 radical (unpaired) electrons. The van der Waals surface area contributed by atoms with Gasteiger partial charge in [-0.15, -0.1) is 0 Å². The first kappa shape index (κ1) is 15.8. The second kappa shape index (κ2) is 6.44. The number of carboxylic acids is 1. The fourth-order valence-electron chi connectivity index (χ4n) is 2.17. The first-order valence-corrected chi connectivity index (χ1v) is 7.57. The minimum Gasteiger partial charge on any atom is -0.478 e. The Labute approximate surface area is 130 Å². The summed E-state index contributed by atoms with van der Waals surface area (Å²) in [4.78, 5) is 39.6. The summed E-state index contributed by atoms with van der Waals surface area (Å²) in [6.07, 6.45) is 1.59. The standard InChI is InChI=1S/C13H13ClN2O4S/c1-7(17)21-6-8-2-12(18)16(5-8)10-4-15-11(14)3-9(10)13(19)20/h3-4,8H,2,5-6H2,1H3,(H,19,20). The Kier molecular flexibility index (Phi) is 4.84. The molecule has 6 nitrogen and oxygen atoms in total. The monoisotopic (exact) mass is 328 g/mol. The number of nitrogens with zero attached hydrogens (tertiary/aromatic N) is 2. The van der Waals surface area contributed by atoms with E-state index in [1.165, 1.54) is 35.8 Å². The Morgan fingerprint density at radius 3 is 2.90 bits per heavy atom. The SMILES string of the molecule is CC(=O)SCC1CC(=O)N(c2cnc(Cl)cc2C(=O)O)C1. The third-order valence-corrected chi connectivity index (χ3v) is 4.35. The molecule has 0 aromatic carbocycles. The quantitative estimate of drug-likeness (QED) is 0.851. The van der Waals surface area contributed by atoms with Gasteiger partial charge >= 0.3 is 5.97 Å². The summed E-state index contributed by atoms with van der Waals surface area (Å²) >= 11 is 6.87. The fourth-order valence-corrected chi connectivity index (χ4v) is 3.02. The van der Waals surface area contributed by atoms with Crippen LogP contribution >= 0.6 is 23.4 Å². The molecular weight excluding hydrogens is 316 g/mol. The minimum atomic E-state index is -1.16. The second-order valence-electron chi connectivity index (χ2n) is 4.71. The number of carbonyl (C=O) groups excluding carboxylic acids is 2. The predicted octanol–water partition coefficient (Wildman–Crippen LogP) is 2.07. The van der Waals surface area contributed by atoms with Crippen LogP contribution in [0.4, 0.5) is 5.69 Å². The predicted molar refractivity (Wildman–Crippen MR) is 79.8 cm³/mol. The molecule has 0 bridgehead atoms. The minimum absolute atomic E-state index is 0.000263. The van der Waals surface area contributed by atoms with E-state index in [0.29, 0.717) is 18.7 Å². The highest BCUT2D eigenvalue weighted by atomic mass is 35.5. The number of carboxylic acid groups (broad SMARTS) is 1. The van der Waals surface area contributed by atoms with Crippen molar-refractivity contribution in [2.45, 2.75) is 13.3 Å². The molecular formula is C13H13ClN2O4S. The molecule has 1 fully saturated rings. The van der Waals surface area contributed by atoms with Gasteiger partial charge in [-0.1, -0.05) is 23.4 Å². The number of hydrogen-bond acceptors (Lipinski definition) is 5. The van der Waals surface area contributed by atoms with Crippen LogP contribution in [0.5, 0.6) is 0 Å². The van der Waals surface area contributed by atoms with Crippen LogP contribution in [0.15, 0.2) is 12.3 Å². The maximum atomic E-state index is 12.1. The van der Waals surface area contributed by atoms with Gasteiger partial charge in [0.05, 0.1) is 17.4 Å². The Bertz CT molecular complexity index is 608.